The van der Waals surface area contributed by atoms with Crippen molar-refractivity contribution in [3.05, 3.63) is 95.1 Å². The Balaban J connectivity index is 1.75. The zero-order valence-corrected chi connectivity index (χ0v) is 18.1. The monoisotopic (exact) mass is 432 g/mol. The Kier molecular flexibility index (Phi) is 5.73. The molecule has 4 rings (SSSR count). The van der Waals surface area contributed by atoms with Gasteiger partial charge in [0.1, 0.15) is 5.75 Å². The fourth-order valence-corrected chi connectivity index (χ4v) is 3.82. The summed E-state index contributed by atoms with van der Waals surface area (Å²) < 4.78 is 10.5. The minimum Gasteiger partial charge on any atom is -0.503 e. The number of hydrogen-bond acceptors (Lipinski definition) is 6. The molecule has 0 saturated heterocycles. The number of carbonyl (C=O) groups is 2. The largest absolute Gasteiger partial charge is 0.503 e. The number of hydrogen-bond donors (Lipinski definition) is 1. The number of furan rings is 1. The molecule has 0 saturated carbocycles. The van der Waals surface area contributed by atoms with E-state index in [1.165, 1.54) is 17.2 Å². The highest BCUT2D eigenvalue weighted by Gasteiger charge is 2.44. The summed E-state index contributed by atoms with van der Waals surface area (Å²) in [5.41, 5.74) is 2.55. The zero-order valence-electron chi connectivity index (χ0n) is 18.1. The summed E-state index contributed by atoms with van der Waals surface area (Å²) in [6.07, 6.45) is 1.39. The number of nitrogens with zero attached hydrogens (tertiary/aromatic N) is 2. The molecule has 0 spiro atoms. The first kappa shape index (κ1) is 21.2. The Hall–Kier alpha value is -4.00. The third-order valence-corrected chi connectivity index (χ3v) is 5.53. The van der Waals surface area contributed by atoms with Crippen LogP contribution in [-0.2, 0) is 11.3 Å². The molecule has 1 aliphatic rings. The van der Waals surface area contributed by atoms with Gasteiger partial charge >= 0.3 is 0 Å². The van der Waals surface area contributed by atoms with Gasteiger partial charge in [-0.3, -0.25) is 9.59 Å². The van der Waals surface area contributed by atoms with Crippen LogP contribution in [0.4, 0.5) is 5.69 Å². The third kappa shape index (κ3) is 3.85. The summed E-state index contributed by atoms with van der Waals surface area (Å²) in [5, 5.41) is 10.7. The average Bonchev–Trinajstić information content (AvgIpc) is 3.43. The van der Waals surface area contributed by atoms with E-state index in [0.717, 1.165) is 16.8 Å². The fraction of sp³-hybridized carbons (Fsp3) is 0.200. The van der Waals surface area contributed by atoms with Gasteiger partial charge in [0.2, 0.25) is 5.78 Å². The lowest BCUT2D eigenvalue weighted by Gasteiger charge is -2.27. The zero-order chi connectivity index (χ0) is 22.8. The maximum absolute atomic E-state index is 13.2. The van der Waals surface area contributed by atoms with Gasteiger partial charge in [-0.2, -0.15) is 0 Å². The summed E-state index contributed by atoms with van der Waals surface area (Å²) in [7, 11) is 5.45. The van der Waals surface area contributed by atoms with Crippen molar-refractivity contribution in [2.45, 2.75) is 12.6 Å². The second kappa shape index (κ2) is 8.63. The standard InChI is InChI=1S/C25H24N2O5/c1-26(2)18-10-8-17(9-11-18)22-21(23(28)20-5-4-14-32-20)24(29)25(30)27(22)15-16-6-12-19(31-3)13-7-16/h4-14,22,29H,15H2,1-3H3. The van der Waals surface area contributed by atoms with E-state index in [-0.39, 0.29) is 17.9 Å². The number of rotatable bonds is 7. The second-order valence-electron chi connectivity index (χ2n) is 7.74. The molecule has 1 N–H and O–H groups in total. The van der Waals surface area contributed by atoms with Gasteiger partial charge in [-0.25, -0.2) is 0 Å². The molecule has 2 aromatic carbocycles. The van der Waals surface area contributed by atoms with Crippen LogP contribution >= 0.6 is 0 Å². The summed E-state index contributed by atoms with van der Waals surface area (Å²) in [6.45, 7) is 0.210. The van der Waals surface area contributed by atoms with Crippen molar-refractivity contribution in [3.8, 4) is 5.75 Å². The van der Waals surface area contributed by atoms with Gasteiger partial charge < -0.3 is 24.1 Å². The number of carbonyl (C=O) groups excluding carboxylic acids is 2. The van der Waals surface area contributed by atoms with E-state index in [1.807, 2.05) is 55.4 Å². The van der Waals surface area contributed by atoms with Crippen LogP contribution < -0.4 is 9.64 Å². The molecule has 7 heteroatoms. The molecule has 1 aromatic heterocycles. The topological polar surface area (TPSA) is 83.2 Å². The van der Waals surface area contributed by atoms with Crippen LogP contribution in [-0.4, -0.2) is 42.9 Å². The first-order chi connectivity index (χ1) is 15.4. The molecule has 0 fully saturated rings. The predicted molar refractivity (Wildman–Crippen MR) is 120 cm³/mol. The van der Waals surface area contributed by atoms with E-state index in [4.69, 9.17) is 9.15 Å². The maximum atomic E-state index is 13.2. The number of ketones is 1. The van der Waals surface area contributed by atoms with Gasteiger partial charge in [0.05, 0.1) is 25.0 Å². The van der Waals surface area contributed by atoms with Crippen LogP contribution in [0.3, 0.4) is 0 Å². The smallest absolute Gasteiger partial charge is 0.290 e. The molecule has 2 heterocycles. The molecule has 1 amide bonds. The highest BCUT2D eigenvalue weighted by atomic mass is 16.5. The Morgan fingerprint density at radius 3 is 2.34 bits per heavy atom. The second-order valence-corrected chi connectivity index (χ2v) is 7.74. The van der Waals surface area contributed by atoms with E-state index < -0.39 is 23.5 Å². The van der Waals surface area contributed by atoms with Gasteiger partial charge in [0.25, 0.3) is 5.91 Å². The normalized spacial score (nSPS) is 15.9. The first-order valence-electron chi connectivity index (χ1n) is 10.1. The van der Waals surface area contributed by atoms with Crippen molar-refractivity contribution in [2.75, 3.05) is 26.1 Å². The lowest BCUT2D eigenvalue weighted by atomic mass is 9.94. The van der Waals surface area contributed by atoms with Crippen molar-refractivity contribution >= 4 is 17.4 Å². The lowest BCUT2D eigenvalue weighted by Crippen LogP contribution is -2.30. The van der Waals surface area contributed by atoms with E-state index in [0.29, 0.717) is 5.75 Å². The molecular weight excluding hydrogens is 408 g/mol. The van der Waals surface area contributed by atoms with Crippen LogP contribution in [0.15, 0.2) is 82.7 Å². The van der Waals surface area contributed by atoms with E-state index >= 15 is 0 Å². The van der Waals surface area contributed by atoms with Crippen molar-refractivity contribution < 1.29 is 23.8 Å². The van der Waals surface area contributed by atoms with Crippen LogP contribution in [0.1, 0.15) is 27.7 Å². The van der Waals surface area contributed by atoms with Crippen molar-refractivity contribution in [1.82, 2.24) is 4.90 Å². The van der Waals surface area contributed by atoms with Gasteiger partial charge in [-0.15, -0.1) is 0 Å². The van der Waals surface area contributed by atoms with Crippen LogP contribution in [0.25, 0.3) is 0 Å². The van der Waals surface area contributed by atoms with Gasteiger partial charge in [0.15, 0.2) is 11.5 Å². The number of methoxy groups -OCH3 is 1. The summed E-state index contributed by atoms with van der Waals surface area (Å²) in [4.78, 5) is 29.7. The van der Waals surface area contributed by atoms with Crippen molar-refractivity contribution in [2.24, 2.45) is 0 Å². The molecule has 7 nitrogen and oxygen atoms in total. The van der Waals surface area contributed by atoms with Gasteiger partial charge in [0, 0.05) is 26.3 Å². The summed E-state index contributed by atoms with van der Waals surface area (Å²) >= 11 is 0. The van der Waals surface area contributed by atoms with Crippen molar-refractivity contribution in [1.29, 1.82) is 0 Å². The number of aliphatic hydroxyl groups excluding tert-OH is 1. The minimum absolute atomic E-state index is 0.0102. The van der Waals surface area contributed by atoms with E-state index in [2.05, 4.69) is 0 Å². The van der Waals surface area contributed by atoms with Crippen LogP contribution in [0.2, 0.25) is 0 Å². The molecule has 0 bridgehead atoms. The van der Waals surface area contributed by atoms with Gasteiger partial charge in [-0.1, -0.05) is 24.3 Å². The minimum atomic E-state index is -0.751. The number of aliphatic hydroxyl groups is 1. The number of Topliss-reactive ketones (excluding diaryl/α,β-unsaturated/α-hetero) is 1. The molecule has 3 aromatic rings. The average molecular weight is 432 g/mol. The predicted octanol–water partition coefficient (Wildman–Crippen LogP) is 4.13. The Morgan fingerprint density at radius 2 is 1.78 bits per heavy atom. The Labute approximate surface area is 186 Å². The summed E-state index contributed by atoms with van der Waals surface area (Å²) in [5.74, 6) is -0.897. The fourth-order valence-electron chi connectivity index (χ4n) is 3.82. The molecule has 32 heavy (non-hydrogen) atoms. The first-order valence-corrected chi connectivity index (χ1v) is 10.1. The number of anilines is 1. The summed E-state index contributed by atoms with van der Waals surface area (Å²) in [6, 6.07) is 17.2. The van der Waals surface area contributed by atoms with Crippen LogP contribution in [0.5, 0.6) is 5.75 Å². The third-order valence-electron chi connectivity index (χ3n) is 5.53. The quantitative estimate of drug-likeness (QED) is 0.565. The maximum Gasteiger partial charge on any atom is 0.290 e. The highest BCUT2D eigenvalue weighted by Crippen LogP contribution is 2.40. The van der Waals surface area contributed by atoms with Crippen LogP contribution in [0, 0.1) is 0 Å². The molecule has 0 aliphatic carbocycles. The highest BCUT2D eigenvalue weighted by molar-refractivity contribution is 6.15. The Morgan fingerprint density at radius 1 is 1.09 bits per heavy atom. The molecule has 1 aliphatic heterocycles. The number of ether oxygens (including phenoxy) is 1. The van der Waals surface area contributed by atoms with Gasteiger partial charge in [-0.05, 0) is 47.5 Å². The van der Waals surface area contributed by atoms with E-state index in [1.54, 1.807) is 25.3 Å². The van der Waals surface area contributed by atoms with Crippen molar-refractivity contribution in [3.63, 3.8) is 0 Å². The molecule has 164 valence electrons. The Bertz CT molecular complexity index is 1150. The SMILES string of the molecule is COc1ccc(CN2C(=O)C(O)=C(C(=O)c3ccco3)C2c2ccc(N(C)C)cc2)cc1. The molecule has 1 atom stereocenters. The number of amides is 1. The number of benzene rings is 2. The molecular formula is C25H24N2O5. The molecule has 1 unspecified atom stereocenters. The van der Waals surface area contributed by atoms with E-state index in [9.17, 15) is 14.7 Å². The molecule has 0 radical (unpaired) electrons. The lowest BCUT2D eigenvalue weighted by molar-refractivity contribution is -0.130.